The fourth-order valence-electron chi connectivity index (χ4n) is 3.59. The van der Waals surface area contributed by atoms with Gasteiger partial charge in [-0.1, -0.05) is 18.2 Å². The highest BCUT2D eigenvalue weighted by molar-refractivity contribution is 5.89. The number of carbonyl (C=O) groups is 1. The molecule has 0 aromatic heterocycles. The molecule has 1 aliphatic heterocycles. The highest BCUT2D eigenvalue weighted by Gasteiger charge is 2.36. The van der Waals surface area contributed by atoms with Crippen molar-refractivity contribution in [2.75, 3.05) is 27.8 Å². The monoisotopic (exact) mass is 287 g/mol. The average molecular weight is 287 g/mol. The first-order valence-electron chi connectivity index (χ1n) is 7.28. The number of ether oxygens (including phenoxy) is 2. The Kier molecular flexibility index (Phi) is 3.72. The largest absolute Gasteiger partial charge is 0.496 e. The van der Waals surface area contributed by atoms with Crippen LogP contribution in [0.3, 0.4) is 0 Å². The molecule has 0 bridgehead atoms. The third-order valence-corrected chi connectivity index (χ3v) is 4.66. The zero-order chi connectivity index (χ0) is 15.0. The number of fused-ring (bicyclic) bond motifs is 2. The third-order valence-electron chi connectivity index (χ3n) is 4.66. The van der Waals surface area contributed by atoms with E-state index in [1.165, 1.54) is 18.2 Å². The van der Waals surface area contributed by atoms with Crippen molar-refractivity contribution in [3.05, 3.63) is 41.0 Å². The van der Waals surface area contributed by atoms with Crippen molar-refractivity contribution in [3.63, 3.8) is 0 Å². The molecule has 0 fully saturated rings. The van der Waals surface area contributed by atoms with Crippen molar-refractivity contribution in [1.82, 2.24) is 4.90 Å². The molecule has 4 nitrogen and oxygen atoms in total. The predicted molar refractivity (Wildman–Crippen MR) is 80.4 cm³/mol. The normalized spacial score (nSPS) is 24.6. The van der Waals surface area contributed by atoms with Gasteiger partial charge in [0.25, 0.3) is 0 Å². The van der Waals surface area contributed by atoms with Gasteiger partial charge in [-0.25, -0.2) is 4.79 Å². The van der Waals surface area contributed by atoms with Crippen LogP contribution in [-0.2, 0) is 22.4 Å². The van der Waals surface area contributed by atoms with E-state index in [9.17, 15) is 4.79 Å². The molecule has 0 saturated carbocycles. The van der Waals surface area contributed by atoms with Crippen LogP contribution in [0.2, 0.25) is 0 Å². The minimum atomic E-state index is -0.217. The summed E-state index contributed by atoms with van der Waals surface area (Å²) in [7, 11) is 5.23. The summed E-state index contributed by atoms with van der Waals surface area (Å²) < 4.78 is 10.4. The quantitative estimate of drug-likeness (QED) is 0.778. The van der Waals surface area contributed by atoms with Crippen LogP contribution < -0.4 is 4.74 Å². The second-order valence-corrected chi connectivity index (χ2v) is 5.84. The molecule has 0 spiro atoms. The highest BCUT2D eigenvalue weighted by Crippen LogP contribution is 2.37. The van der Waals surface area contributed by atoms with Gasteiger partial charge in [-0.3, -0.25) is 4.90 Å². The van der Waals surface area contributed by atoms with Gasteiger partial charge >= 0.3 is 5.97 Å². The van der Waals surface area contributed by atoms with Gasteiger partial charge in [0, 0.05) is 18.2 Å². The Bertz CT molecular complexity index is 594. The molecule has 0 N–H and O–H groups in total. The number of nitrogens with zero attached hydrogens (tertiary/aromatic N) is 1. The maximum absolute atomic E-state index is 11.8. The molecule has 0 amide bonds. The Morgan fingerprint density at radius 1 is 1.29 bits per heavy atom. The lowest BCUT2D eigenvalue weighted by Gasteiger charge is -2.41. The number of benzene rings is 1. The third kappa shape index (κ3) is 2.44. The SMILES string of the molecule is COC(=O)C1=C[C@@H]2Cc3c(cccc3OC)C[C@H]2N(C)C1. The predicted octanol–water partition coefficient (Wildman–Crippen LogP) is 1.82. The van der Waals surface area contributed by atoms with Gasteiger partial charge in [-0.05, 0) is 43.0 Å². The standard InChI is InChI=1S/C17H21NO3/c1-18-10-13(17(19)21-3)7-12-8-14-11(9-15(12)18)5-4-6-16(14)20-2/h4-7,12,15H,8-10H2,1-3H3/t12-,15-/m1/s1. The summed E-state index contributed by atoms with van der Waals surface area (Å²) in [6.45, 7) is 0.660. The summed E-state index contributed by atoms with van der Waals surface area (Å²) in [5, 5.41) is 0. The molecule has 1 heterocycles. The van der Waals surface area contributed by atoms with Crippen LogP contribution in [0.25, 0.3) is 0 Å². The van der Waals surface area contributed by atoms with Crippen LogP contribution in [0, 0.1) is 5.92 Å². The van der Waals surface area contributed by atoms with Crippen molar-refractivity contribution in [3.8, 4) is 5.75 Å². The molecule has 2 aliphatic rings. The molecule has 3 rings (SSSR count). The van der Waals surface area contributed by atoms with E-state index in [4.69, 9.17) is 9.47 Å². The lowest BCUT2D eigenvalue weighted by molar-refractivity contribution is -0.136. The second kappa shape index (κ2) is 5.53. The molecule has 2 atom stereocenters. The summed E-state index contributed by atoms with van der Waals surface area (Å²) in [5.74, 6) is 1.07. The number of likely N-dealkylation sites (N-methyl/N-ethyl adjacent to an activating group) is 1. The summed E-state index contributed by atoms with van der Waals surface area (Å²) in [6, 6.07) is 6.69. The second-order valence-electron chi connectivity index (χ2n) is 5.84. The minimum Gasteiger partial charge on any atom is -0.496 e. The van der Waals surface area contributed by atoms with Crippen LogP contribution in [0.4, 0.5) is 0 Å². The molecular formula is C17H21NO3. The Labute approximate surface area is 125 Å². The molecule has 1 aliphatic carbocycles. The van der Waals surface area contributed by atoms with E-state index in [1.807, 2.05) is 6.07 Å². The summed E-state index contributed by atoms with van der Waals surface area (Å²) in [6.07, 6.45) is 4.01. The van der Waals surface area contributed by atoms with Gasteiger partial charge in [0.1, 0.15) is 5.75 Å². The minimum absolute atomic E-state index is 0.217. The maximum atomic E-state index is 11.8. The fraction of sp³-hybridized carbons (Fsp3) is 0.471. The summed E-state index contributed by atoms with van der Waals surface area (Å²) in [4.78, 5) is 14.1. The van der Waals surface area contributed by atoms with Crippen LogP contribution in [0.5, 0.6) is 5.75 Å². The van der Waals surface area contributed by atoms with E-state index in [2.05, 4.69) is 30.2 Å². The molecule has 21 heavy (non-hydrogen) atoms. The first-order valence-corrected chi connectivity index (χ1v) is 7.28. The van der Waals surface area contributed by atoms with Gasteiger partial charge in [0.2, 0.25) is 0 Å². The Morgan fingerprint density at radius 3 is 2.81 bits per heavy atom. The van der Waals surface area contributed by atoms with Crippen LogP contribution in [-0.4, -0.2) is 44.7 Å². The molecular weight excluding hydrogens is 266 g/mol. The molecule has 0 radical (unpaired) electrons. The number of hydrogen-bond acceptors (Lipinski definition) is 4. The van der Waals surface area contributed by atoms with Gasteiger partial charge in [0.05, 0.1) is 14.2 Å². The Morgan fingerprint density at radius 2 is 2.10 bits per heavy atom. The van der Waals surface area contributed by atoms with Gasteiger partial charge in [0.15, 0.2) is 0 Å². The number of carbonyl (C=O) groups excluding carboxylic acids is 1. The van der Waals surface area contributed by atoms with E-state index in [-0.39, 0.29) is 5.97 Å². The first-order chi connectivity index (χ1) is 10.1. The lowest BCUT2D eigenvalue weighted by atomic mass is 9.76. The number of hydrogen-bond donors (Lipinski definition) is 0. The van der Waals surface area contributed by atoms with Crippen molar-refractivity contribution in [2.45, 2.75) is 18.9 Å². The zero-order valence-corrected chi connectivity index (χ0v) is 12.8. The topological polar surface area (TPSA) is 38.8 Å². The van der Waals surface area contributed by atoms with E-state index in [0.29, 0.717) is 18.5 Å². The highest BCUT2D eigenvalue weighted by atomic mass is 16.5. The number of methoxy groups -OCH3 is 2. The molecule has 0 unspecified atom stereocenters. The summed E-state index contributed by atoms with van der Waals surface area (Å²) >= 11 is 0. The van der Waals surface area contributed by atoms with E-state index >= 15 is 0 Å². The molecule has 112 valence electrons. The number of rotatable bonds is 2. The smallest absolute Gasteiger partial charge is 0.334 e. The fourth-order valence-corrected chi connectivity index (χ4v) is 3.59. The van der Waals surface area contributed by atoms with E-state index in [0.717, 1.165) is 24.2 Å². The van der Waals surface area contributed by atoms with Crippen molar-refractivity contribution in [1.29, 1.82) is 0 Å². The average Bonchev–Trinajstić information content (AvgIpc) is 2.51. The first kappa shape index (κ1) is 14.1. The summed E-state index contributed by atoms with van der Waals surface area (Å²) in [5.41, 5.74) is 3.40. The molecule has 4 heteroatoms. The zero-order valence-electron chi connectivity index (χ0n) is 12.8. The molecule has 1 aromatic carbocycles. The molecule has 1 aromatic rings. The van der Waals surface area contributed by atoms with Crippen LogP contribution in [0.1, 0.15) is 11.1 Å². The van der Waals surface area contributed by atoms with Gasteiger partial charge in [-0.15, -0.1) is 0 Å². The molecule has 0 saturated heterocycles. The van der Waals surface area contributed by atoms with Crippen molar-refractivity contribution >= 4 is 5.97 Å². The van der Waals surface area contributed by atoms with E-state index in [1.54, 1.807) is 7.11 Å². The van der Waals surface area contributed by atoms with Gasteiger partial charge in [-0.2, -0.15) is 0 Å². The van der Waals surface area contributed by atoms with Crippen LogP contribution >= 0.6 is 0 Å². The lowest BCUT2D eigenvalue weighted by Crippen LogP contribution is -2.47. The van der Waals surface area contributed by atoms with Crippen molar-refractivity contribution in [2.24, 2.45) is 5.92 Å². The van der Waals surface area contributed by atoms with Crippen LogP contribution in [0.15, 0.2) is 29.8 Å². The van der Waals surface area contributed by atoms with Crippen molar-refractivity contribution < 1.29 is 14.3 Å². The van der Waals surface area contributed by atoms with Gasteiger partial charge < -0.3 is 9.47 Å². The Balaban J connectivity index is 1.96. The maximum Gasteiger partial charge on any atom is 0.334 e. The number of esters is 1. The van der Waals surface area contributed by atoms with E-state index < -0.39 is 0 Å². The Hall–Kier alpha value is -1.81.